The summed E-state index contributed by atoms with van der Waals surface area (Å²) in [4.78, 5) is 18.8. The summed E-state index contributed by atoms with van der Waals surface area (Å²) in [5, 5.41) is 14.8. The fourth-order valence-electron chi connectivity index (χ4n) is 4.56. The summed E-state index contributed by atoms with van der Waals surface area (Å²) in [7, 11) is 0. The highest BCUT2D eigenvalue weighted by molar-refractivity contribution is 6.03. The summed E-state index contributed by atoms with van der Waals surface area (Å²) >= 11 is 0. The third-order valence-corrected chi connectivity index (χ3v) is 6.17. The van der Waals surface area contributed by atoms with Gasteiger partial charge in [0, 0.05) is 42.7 Å². The lowest BCUT2D eigenvalue weighted by Crippen LogP contribution is -2.43. The van der Waals surface area contributed by atoms with Crippen molar-refractivity contribution in [1.29, 1.82) is 0 Å². The maximum absolute atomic E-state index is 13.9. The number of carbonyl (C=O) groups is 1. The molecule has 2 aliphatic heterocycles. The lowest BCUT2D eigenvalue weighted by molar-refractivity contribution is -0.201. The van der Waals surface area contributed by atoms with Gasteiger partial charge in [-0.15, -0.1) is 0 Å². The van der Waals surface area contributed by atoms with E-state index in [-0.39, 0.29) is 22.2 Å². The molecule has 1 unspecified atom stereocenters. The van der Waals surface area contributed by atoms with E-state index in [1.807, 2.05) is 4.90 Å². The second-order valence-electron chi connectivity index (χ2n) is 8.49. The van der Waals surface area contributed by atoms with E-state index in [1.54, 1.807) is 0 Å². The number of pyridine rings is 1. The van der Waals surface area contributed by atoms with E-state index < -0.39 is 36.4 Å². The van der Waals surface area contributed by atoms with Gasteiger partial charge >= 0.3 is 6.18 Å². The molecule has 1 aromatic heterocycles. The molecule has 0 radical (unpaired) electrons. The van der Waals surface area contributed by atoms with E-state index in [0.717, 1.165) is 44.0 Å². The summed E-state index contributed by atoms with van der Waals surface area (Å²) in [6.45, 7) is 0.876. The second-order valence-corrected chi connectivity index (χ2v) is 8.49. The number of benzene rings is 1. The van der Waals surface area contributed by atoms with Gasteiger partial charge in [0.2, 0.25) is 0 Å². The zero-order valence-corrected chi connectivity index (χ0v) is 17.6. The van der Waals surface area contributed by atoms with E-state index >= 15 is 0 Å². The minimum Gasteiger partial charge on any atom is -0.382 e. The molecule has 3 N–H and O–H groups in total. The first-order chi connectivity index (χ1) is 15.6. The number of hydrogen-bond donors (Lipinski definition) is 3. The Kier molecular flexibility index (Phi) is 6.28. The van der Waals surface area contributed by atoms with Gasteiger partial charge in [-0.05, 0) is 43.5 Å². The summed E-state index contributed by atoms with van der Waals surface area (Å²) in [6.07, 6.45) is -2.33. The largest absolute Gasteiger partial charge is 0.416 e. The Morgan fingerprint density at radius 1 is 1.21 bits per heavy atom. The molecule has 0 aliphatic carbocycles. The molecular weight excluding hydrogens is 447 g/mol. The fraction of sp³-hybridized carbons (Fsp3) is 0.455. The van der Waals surface area contributed by atoms with Gasteiger partial charge in [0.15, 0.2) is 6.10 Å². The Labute approximate surface area is 186 Å². The van der Waals surface area contributed by atoms with Crippen LogP contribution in [0, 0.1) is 11.6 Å². The quantitative estimate of drug-likeness (QED) is 0.586. The van der Waals surface area contributed by atoms with Crippen molar-refractivity contribution in [2.45, 2.75) is 37.1 Å². The monoisotopic (exact) mass is 470 g/mol. The molecule has 3 heterocycles. The lowest BCUT2D eigenvalue weighted by atomic mass is 9.96. The van der Waals surface area contributed by atoms with Crippen LogP contribution in [0.1, 0.15) is 29.6 Å². The summed E-state index contributed by atoms with van der Waals surface area (Å²) in [5.41, 5.74) is 0.572. The molecular formula is C22H23F5N4O2. The van der Waals surface area contributed by atoms with Gasteiger partial charge in [0.05, 0.1) is 17.8 Å². The van der Waals surface area contributed by atoms with Crippen LogP contribution in [0.4, 0.5) is 27.6 Å². The molecule has 2 fully saturated rings. The molecule has 11 heteroatoms. The SMILES string of the molecule is O=C(NCC(O)C(F)(F)F)c1cncc(-c2cc(F)cc(F)c2)c1N1CC[C@@]2(CCCN2)C1. The van der Waals surface area contributed by atoms with Crippen molar-refractivity contribution in [1.82, 2.24) is 15.6 Å². The number of alkyl halides is 3. The smallest absolute Gasteiger partial charge is 0.382 e. The third-order valence-electron chi connectivity index (χ3n) is 6.17. The minimum absolute atomic E-state index is 0.0402. The predicted octanol–water partition coefficient (Wildman–Crippen LogP) is 3.01. The Morgan fingerprint density at radius 3 is 2.58 bits per heavy atom. The number of aliphatic hydroxyl groups excluding tert-OH is 1. The Hall–Kier alpha value is -2.79. The second kappa shape index (κ2) is 8.86. The molecule has 2 aliphatic rings. The summed E-state index contributed by atoms with van der Waals surface area (Å²) in [5.74, 6) is -2.50. The number of aliphatic hydroxyl groups is 1. The zero-order chi connectivity index (χ0) is 23.8. The summed E-state index contributed by atoms with van der Waals surface area (Å²) < 4.78 is 65.9. The molecule has 2 atom stereocenters. The van der Waals surface area contributed by atoms with Crippen molar-refractivity contribution in [2.24, 2.45) is 0 Å². The van der Waals surface area contributed by atoms with E-state index in [0.29, 0.717) is 18.8 Å². The number of nitrogens with zero attached hydrogens (tertiary/aromatic N) is 2. The Bertz CT molecular complexity index is 1020. The number of aromatic nitrogens is 1. The highest BCUT2D eigenvalue weighted by Crippen LogP contribution is 2.40. The van der Waals surface area contributed by atoms with Crippen LogP contribution < -0.4 is 15.5 Å². The molecule has 178 valence electrons. The first-order valence-electron chi connectivity index (χ1n) is 10.6. The number of amides is 1. The topological polar surface area (TPSA) is 77.5 Å². The molecule has 6 nitrogen and oxygen atoms in total. The molecule has 0 saturated carbocycles. The number of nitrogens with one attached hydrogen (secondary N) is 2. The van der Waals surface area contributed by atoms with E-state index in [9.17, 15) is 31.9 Å². The van der Waals surface area contributed by atoms with Crippen molar-refractivity contribution < 1.29 is 31.9 Å². The van der Waals surface area contributed by atoms with Gasteiger partial charge in [-0.3, -0.25) is 9.78 Å². The third kappa shape index (κ3) is 4.93. The van der Waals surface area contributed by atoms with E-state index in [4.69, 9.17) is 0 Å². The Balaban J connectivity index is 1.72. The molecule has 2 saturated heterocycles. The van der Waals surface area contributed by atoms with Gasteiger partial charge in [-0.1, -0.05) is 0 Å². The highest BCUT2D eigenvalue weighted by atomic mass is 19.4. The van der Waals surface area contributed by atoms with Gasteiger partial charge in [0.25, 0.3) is 5.91 Å². The van der Waals surface area contributed by atoms with Crippen molar-refractivity contribution in [3.05, 3.63) is 47.8 Å². The normalized spacial score (nSPS) is 21.6. The molecule has 4 rings (SSSR count). The van der Waals surface area contributed by atoms with Crippen molar-refractivity contribution in [3.63, 3.8) is 0 Å². The predicted molar refractivity (Wildman–Crippen MR) is 111 cm³/mol. The molecule has 1 amide bonds. The fourth-order valence-corrected chi connectivity index (χ4v) is 4.56. The maximum atomic E-state index is 13.9. The van der Waals surface area contributed by atoms with Crippen LogP contribution in [0.2, 0.25) is 0 Å². The van der Waals surface area contributed by atoms with Crippen molar-refractivity contribution >= 4 is 11.6 Å². The van der Waals surface area contributed by atoms with Crippen LogP contribution in [0.25, 0.3) is 11.1 Å². The van der Waals surface area contributed by atoms with Gasteiger partial charge in [0.1, 0.15) is 11.6 Å². The average Bonchev–Trinajstić information content (AvgIpc) is 3.39. The van der Waals surface area contributed by atoms with Gasteiger partial charge in [-0.25, -0.2) is 8.78 Å². The van der Waals surface area contributed by atoms with Gasteiger partial charge < -0.3 is 20.6 Å². The molecule has 1 aromatic carbocycles. The van der Waals surface area contributed by atoms with Crippen LogP contribution in [-0.2, 0) is 0 Å². The Morgan fingerprint density at radius 2 is 1.94 bits per heavy atom. The number of anilines is 1. The maximum Gasteiger partial charge on any atom is 0.416 e. The molecule has 2 aromatic rings. The van der Waals surface area contributed by atoms with E-state index in [1.165, 1.54) is 12.4 Å². The van der Waals surface area contributed by atoms with Crippen molar-refractivity contribution in [3.8, 4) is 11.1 Å². The molecule has 0 bridgehead atoms. The van der Waals surface area contributed by atoms with Crippen LogP contribution >= 0.6 is 0 Å². The average molecular weight is 470 g/mol. The number of carbonyl (C=O) groups excluding carboxylic acids is 1. The van der Waals surface area contributed by atoms with Crippen LogP contribution in [0.15, 0.2) is 30.6 Å². The minimum atomic E-state index is -4.88. The lowest BCUT2D eigenvalue weighted by Gasteiger charge is -2.28. The van der Waals surface area contributed by atoms with Crippen molar-refractivity contribution in [2.75, 3.05) is 31.1 Å². The number of hydrogen-bond acceptors (Lipinski definition) is 5. The number of halogens is 5. The highest BCUT2D eigenvalue weighted by Gasteiger charge is 2.42. The van der Waals surface area contributed by atoms with Crippen LogP contribution in [-0.4, -0.2) is 60.0 Å². The zero-order valence-electron chi connectivity index (χ0n) is 17.6. The molecule has 1 spiro atoms. The van der Waals surface area contributed by atoms with E-state index in [2.05, 4.69) is 15.6 Å². The standard InChI is InChI=1S/C22H23F5N4O2/c23-14-6-13(7-15(24)8-14)16-9-28-10-17(20(33)29-11-18(32)22(25,26)27)19(16)31-5-3-21(12-31)2-1-4-30-21/h6-10,18,30,32H,1-5,11-12H2,(H,29,33)/t18?,21-/m0/s1. The first kappa shape index (κ1) is 23.4. The number of rotatable bonds is 5. The summed E-state index contributed by atoms with van der Waals surface area (Å²) in [6, 6.07) is 2.94. The molecule has 33 heavy (non-hydrogen) atoms. The first-order valence-corrected chi connectivity index (χ1v) is 10.6. The van der Waals surface area contributed by atoms with Crippen LogP contribution in [0.3, 0.4) is 0 Å². The van der Waals surface area contributed by atoms with Gasteiger partial charge in [-0.2, -0.15) is 13.2 Å². The van der Waals surface area contributed by atoms with Crippen LogP contribution in [0.5, 0.6) is 0 Å².